The number of nitrogens with one attached hydrogen (secondary N) is 1. The number of oxazole rings is 1. The minimum Gasteiger partial charge on any atom is -0.480 e. The highest BCUT2D eigenvalue weighted by atomic mass is 16.4. The maximum Gasteiger partial charge on any atom is 0.326 e. The Morgan fingerprint density at radius 2 is 2.04 bits per heavy atom. The summed E-state index contributed by atoms with van der Waals surface area (Å²) in [6.45, 7) is 1.72. The van der Waals surface area contributed by atoms with Gasteiger partial charge in [-0.3, -0.25) is 4.79 Å². The summed E-state index contributed by atoms with van der Waals surface area (Å²) in [5, 5.41) is 11.4. The third-order valence-corrected chi connectivity index (χ3v) is 3.45. The zero-order valence-electron chi connectivity index (χ0n) is 13.0. The molecule has 2 aromatic rings. The van der Waals surface area contributed by atoms with Crippen molar-refractivity contribution in [1.29, 1.82) is 0 Å². The second-order valence-electron chi connectivity index (χ2n) is 5.20. The Morgan fingerprint density at radius 3 is 2.70 bits per heavy atom. The molecule has 2 N–H and O–H groups in total. The molecule has 0 spiro atoms. The molecule has 1 unspecified atom stereocenters. The quantitative estimate of drug-likeness (QED) is 0.781. The molecule has 0 aliphatic heterocycles. The fourth-order valence-corrected chi connectivity index (χ4v) is 2.17. The molecular weight excluding hydrogens is 296 g/mol. The molecule has 2 rings (SSSR count). The lowest BCUT2D eigenvalue weighted by atomic mass is 10.2. The highest BCUT2D eigenvalue weighted by molar-refractivity contribution is 5.83. The van der Waals surface area contributed by atoms with Crippen LogP contribution in [0.4, 0.5) is 0 Å². The van der Waals surface area contributed by atoms with Gasteiger partial charge in [-0.1, -0.05) is 37.3 Å². The zero-order valence-corrected chi connectivity index (χ0v) is 13.0. The molecule has 0 radical (unpaired) electrons. The van der Waals surface area contributed by atoms with Gasteiger partial charge < -0.3 is 14.8 Å². The van der Waals surface area contributed by atoms with Crippen molar-refractivity contribution in [3.8, 4) is 11.3 Å². The van der Waals surface area contributed by atoms with Crippen LogP contribution in [-0.4, -0.2) is 28.0 Å². The summed E-state index contributed by atoms with van der Waals surface area (Å²) in [5.41, 5.74) is 0.955. The molecule has 0 bridgehead atoms. The van der Waals surface area contributed by atoms with Gasteiger partial charge in [0.1, 0.15) is 6.04 Å². The van der Waals surface area contributed by atoms with Crippen molar-refractivity contribution in [1.82, 2.24) is 10.3 Å². The lowest BCUT2D eigenvalue weighted by molar-refractivity contribution is -0.141. The van der Waals surface area contributed by atoms with Crippen molar-refractivity contribution in [2.24, 2.45) is 0 Å². The Kier molecular flexibility index (Phi) is 5.91. The number of amides is 1. The number of aryl methyl sites for hydroxylation is 1. The number of rotatable bonds is 8. The van der Waals surface area contributed by atoms with Crippen LogP contribution in [-0.2, 0) is 16.0 Å². The second-order valence-corrected chi connectivity index (χ2v) is 5.20. The number of hydrogen-bond acceptors (Lipinski definition) is 4. The summed E-state index contributed by atoms with van der Waals surface area (Å²) in [5.74, 6) is -0.0148. The largest absolute Gasteiger partial charge is 0.480 e. The van der Waals surface area contributed by atoms with Crippen LogP contribution in [0.25, 0.3) is 11.3 Å². The molecule has 1 amide bonds. The number of hydrogen-bond donors (Lipinski definition) is 2. The molecule has 122 valence electrons. The first-order chi connectivity index (χ1) is 11.1. The first-order valence-electron chi connectivity index (χ1n) is 7.62. The minimum atomic E-state index is -1.01. The van der Waals surface area contributed by atoms with Gasteiger partial charge in [-0.2, -0.15) is 0 Å². The van der Waals surface area contributed by atoms with E-state index in [-0.39, 0.29) is 12.3 Å². The molecular formula is C17H20N2O4. The molecule has 0 aliphatic rings. The number of carbonyl (C=O) groups excluding carboxylic acids is 1. The first-order valence-corrected chi connectivity index (χ1v) is 7.62. The summed E-state index contributed by atoms with van der Waals surface area (Å²) in [7, 11) is 0. The average molecular weight is 316 g/mol. The summed E-state index contributed by atoms with van der Waals surface area (Å²) in [6, 6.07) is 8.83. The van der Waals surface area contributed by atoms with E-state index in [9.17, 15) is 9.59 Å². The molecule has 0 fully saturated rings. The fourth-order valence-electron chi connectivity index (χ4n) is 2.17. The Labute approximate surface area is 134 Å². The molecule has 0 saturated heterocycles. The number of aromatic nitrogens is 1. The lowest BCUT2D eigenvalue weighted by Gasteiger charge is -2.11. The van der Waals surface area contributed by atoms with Crippen molar-refractivity contribution < 1.29 is 19.1 Å². The van der Waals surface area contributed by atoms with E-state index < -0.39 is 12.0 Å². The molecule has 1 heterocycles. The van der Waals surface area contributed by atoms with Crippen molar-refractivity contribution in [2.45, 2.75) is 38.6 Å². The normalized spacial score (nSPS) is 11.9. The summed E-state index contributed by atoms with van der Waals surface area (Å²) in [6.07, 6.45) is 3.36. The molecule has 0 aliphatic carbocycles. The van der Waals surface area contributed by atoms with E-state index in [1.54, 1.807) is 13.1 Å². The van der Waals surface area contributed by atoms with Gasteiger partial charge in [0.15, 0.2) is 11.7 Å². The zero-order chi connectivity index (χ0) is 16.7. The third-order valence-electron chi connectivity index (χ3n) is 3.45. The number of nitrogens with zero attached hydrogens (tertiary/aromatic N) is 1. The average Bonchev–Trinajstić information content (AvgIpc) is 3.02. The van der Waals surface area contributed by atoms with E-state index in [0.29, 0.717) is 30.9 Å². The predicted octanol–water partition coefficient (Wildman–Crippen LogP) is 2.64. The SMILES string of the molecule is CCC(NC(=O)CCCc1ncc(-c2ccccc2)o1)C(=O)O. The maximum absolute atomic E-state index is 11.7. The van der Waals surface area contributed by atoms with Crippen molar-refractivity contribution in [3.05, 3.63) is 42.4 Å². The van der Waals surface area contributed by atoms with E-state index in [1.807, 2.05) is 30.3 Å². The van der Waals surface area contributed by atoms with E-state index >= 15 is 0 Å². The minimum absolute atomic E-state index is 0.243. The van der Waals surface area contributed by atoms with Crippen LogP contribution in [0, 0.1) is 0 Å². The first kappa shape index (κ1) is 16.7. The summed E-state index contributed by atoms with van der Waals surface area (Å²) < 4.78 is 5.66. The lowest BCUT2D eigenvalue weighted by Crippen LogP contribution is -2.40. The van der Waals surface area contributed by atoms with E-state index in [4.69, 9.17) is 9.52 Å². The molecule has 1 atom stereocenters. The van der Waals surface area contributed by atoms with Crippen LogP contribution in [0.2, 0.25) is 0 Å². The second kappa shape index (κ2) is 8.12. The Hall–Kier alpha value is -2.63. The summed E-state index contributed by atoms with van der Waals surface area (Å²) >= 11 is 0. The summed E-state index contributed by atoms with van der Waals surface area (Å²) in [4.78, 5) is 26.8. The van der Waals surface area contributed by atoms with Crippen LogP contribution in [0.5, 0.6) is 0 Å². The van der Waals surface area contributed by atoms with Crippen LogP contribution in [0.3, 0.4) is 0 Å². The molecule has 6 nitrogen and oxygen atoms in total. The Balaban J connectivity index is 1.80. The Bertz CT molecular complexity index is 652. The van der Waals surface area contributed by atoms with Gasteiger partial charge in [0.25, 0.3) is 0 Å². The highest BCUT2D eigenvalue weighted by Gasteiger charge is 2.17. The monoisotopic (exact) mass is 316 g/mol. The number of carboxylic acid groups (broad SMARTS) is 1. The third kappa shape index (κ3) is 4.95. The van der Waals surface area contributed by atoms with E-state index in [1.165, 1.54) is 0 Å². The maximum atomic E-state index is 11.7. The van der Waals surface area contributed by atoms with Crippen LogP contribution in [0.15, 0.2) is 40.9 Å². The van der Waals surface area contributed by atoms with Gasteiger partial charge in [0.2, 0.25) is 5.91 Å². The predicted molar refractivity (Wildman–Crippen MR) is 84.7 cm³/mol. The van der Waals surface area contributed by atoms with Crippen molar-refractivity contribution >= 4 is 11.9 Å². The number of carbonyl (C=O) groups is 2. The topological polar surface area (TPSA) is 92.4 Å². The highest BCUT2D eigenvalue weighted by Crippen LogP contribution is 2.20. The number of benzene rings is 1. The fraction of sp³-hybridized carbons (Fsp3) is 0.353. The molecule has 1 aromatic carbocycles. The van der Waals surface area contributed by atoms with Crippen LogP contribution < -0.4 is 5.32 Å². The van der Waals surface area contributed by atoms with Gasteiger partial charge in [0, 0.05) is 18.4 Å². The molecule has 0 saturated carbocycles. The van der Waals surface area contributed by atoms with Gasteiger partial charge in [-0.05, 0) is 12.8 Å². The van der Waals surface area contributed by atoms with Crippen molar-refractivity contribution in [2.75, 3.05) is 0 Å². The van der Waals surface area contributed by atoms with E-state index in [2.05, 4.69) is 10.3 Å². The molecule has 6 heteroatoms. The van der Waals surface area contributed by atoms with Gasteiger partial charge in [-0.15, -0.1) is 0 Å². The van der Waals surface area contributed by atoms with Gasteiger partial charge in [-0.25, -0.2) is 9.78 Å². The van der Waals surface area contributed by atoms with Crippen LogP contribution >= 0.6 is 0 Å². The van der Waals surface area contributed by atoms with Gasteiger partial charge >= 0.3 is 5.97 Å². The molecule has 1 aromatic heterocycles. The smallest absolute Gasteiger partial charge is 0.326 e. The van der Waals surface area contributed by atoms with E-state index in [0.717, 1.165) is 5.56 Å². The standard InChI is InChI=1S/C17H20N2O4/c1-2-13(17(21)22)19-15(20)9-6-10-16-18-11-14(23-16)12-7-4-3-5-8-12/h3-5,7-8,11,13H,2,6,9-10H2,1H3,(H,19,20)(H,21,22). The van der Waals surface area contributed by atoms with Gasteiger partial charge in [0.05, 0.1) is 6.20 Å². The van der Waals surface area contributed by atoms with Crippen molar-refractivity contribution in [3.63, 3.8) is 0 Å². The Morgan fingerprint density at radius 1 is 1.30 bits per heavy atom. The number of aliphatic carboxylic acids is 1. The molecule has 23 heavy (non-hydrogen) atoms. The van der Waals surface area contributed by atoms with Crippen LogP contribution in [0.1, 0.15) is 32.1 Å². The number of carboxylic acids is 1.